The van der Waals surface area contributed by atoms with Crippen LogP contribution in [0.2, 0.25) is 0 Å². The number of methoxy groups -OCH3 is 1. The summed E-state index contributed by atoms with van der Waals surface area (Å²) in [5.74, 6) is 0.843. The van der Waals surface area contributed by atoms with E-state index in [9.17, 15) is 5.11 Å². The van der Waals surface area contributed by atoms with Crippen LogP contribution in [-0.4, -0.2) is 41.3 Å². The molecule has 0 bridgehead atoms. The van der Waals surface area contributed by atoms with Gasteiger partial charge in [-0.15, -0.1) is 0 Å². The summed E-state index contributed by atoms with van der Waals surface area (Å²) in [5, 5.41) is 11.0. The number of nitrogens with zero attached hydrogens (tertiary/aromatic N) is 2. The van der Waals surface area contributed by atoms with Crippen molar-refractivity contribution in [1.82, 2.24) is 9.88 Å². The minimum absolute atomic E-state index is 0.213. The third-order valence-electron chi connectivity index (χ3n) is 5.13. The number of β-amino-alcohol motifs (C(OH)–C–C–N with tert-alkyl or cyclic N) is 1. The van der Waals surface area contributed by atoms with Crippen LogP contribution in [0.3, 0.4) is 0 Å². The molecule has 134 valence electrons. The second-order valence-corrected chi connectivity index (χ2v) is 7.05. The van der Waals surface area contributed by atoms with Crippen molar-refractivity contribution in [3.05, 3.63) is 59.7 Å². The van der Waals surface area contributed by atoms with Crippen LogP contribution in [0.1, 0.15) is 17.5 Å². The lowest BCUT2D eigenvalue weighted by Gasteiger charge is -2.18. The van der Waals surface area contributed by atoms with E-state index in [4.69, 9.17) is 9.72 Å². The van der Waals surface area contributed by atoms with Gasteiger partial charge in [-0.2, -0.15) is 0 Å². The van der Waals surface area contributed by atoms with Crippen LogP contribution >= 0.6 is 0 Å². The average molecular weight is 348 g/mol. The second kappa shape index (κ2) is 7.06. The number of likely N-dealkylation sites (tertiary alicyclic amines) is 1. The lowest BCUT2D eigenvalue weighted by atomic mass is 10.0. The lowest BCUT2D eigenvalue weighted by Crippen LogP contribution is -2.22. The van der Waals surface area contributed by atoms with Gasteiger partial charge in [0.25, 0.3) is 0 Å². The van der Waals surface area contributed by atoms with E-state index in [1.165, 1.54) is 11.1 Å². The number of ether oxygens (including phenoxy) is 1. The molecule has 0 spiro atoms. The summed E-state index contributed by atoms with van der Waals surface area (Å²) in [6.45, 7) is 4.56. The van der Waals surface area contributed by atoms with Crippen molar-refractivity contribution in [1.29, 1.82) is 0 Å². The highest BCUT2D eigenvalue weighted by atomic mass is 16.5. The molecule has 1 aliphatic rings. The molecule has 0 amide bonds. The Balaban J connectivity index is 1.81. The Hall–Kier alpha value is -2.43. The largest absolute Gasteiger partial charge is 0.497 e. The molecule has 1 saturated heterocycles. The molecule has 0 unspecified atom stereocenters. The summed E-state index contributed by atoms with van der Waals surface area (Å²) in [4.78, 5) is 7.33. The van der Waals surface area contributed by atoms with Crippen LogP contribution in [0.4, 0.5) is 0 Å². The van der Waals surface area contributed by atoms with Crippen LogP contribution in [-0.2, 0) is 6.54 Å². The summed E-state index contributed by atoms with van der Waals surface area (Å²) in [7, 11) is 1.68. The van der Waals surface area contributed by atoms with Crippen LogP contribution in [0.25, 0.3) is 22.2 Å². The van der Waals surface area contributed by atoms with Crippen molar-refractivity contribution in [3.8, 4) is 17.0 Å². The molecule has 26 heavy (non-hydrogen) atoms. The highest BCUT2D eigenvalue weighted by Gasteiger charge is 2.22. The molecule has 1 atom stereocenters. The second-order valence-electron chi connectivity index (χ2n) is 7.05. The molecule has 4 nitrogen and oxygen atoms in total. The lowest BCUT2D eigenvalue weighted by molar-refractivity contribution is 0.175. The van der Waals surface area contributed by atoms with Gasteiger partial charge in [0.15, 0.2) is 0 Å². The summed E-state index contributed by atoms with van der Waals surface area (Å²) in [6.07, 6.45) is 0.632. The van der Waals surface area contributed by atoms with Gasteiger partial charge in [0.05, 0.1) is 24.4 Å². The van der Waals surface area contributed by atoms with Gasteiger partial charge >= 0.3 is 0 Å². The summed E-state index contributed by atoms with van der Waals surface area (Å²) >= 11 is 0. The highest BCUT2D eigenvalue weighted by molar-refractivity contribution is 5.85. The first-order chi connectivity index (χ1) is 12.6. The first kappa shape index (κ1) is 17.0. The molecule has 4 rings (SSSR count). The smallest absolute Gasteiger partial charge is 0.118 e. The highest BCUT2D eigenvalue weighted by Crippen LogP contribution is 2.30. The van der Waals surface area contributed by atoms with Crippen molar-refractivity contribution in [2.75, 3.05) is 20.2 Å². The summed E-state index contributed by atoms with van der Waals surface area (Å²) in [6, 6.07) is 16.6. The molecule has 1 aromatic heterocycles. The number of aliphatic hydroxyl groups excluding tert-OH is 1. The number of aliphatic hydroxyl groups is 1. The fourth-order valence-corrected chi connectivity index (χ4v) is 3.71. The van der Waals surface area contributed by atoms with E-state index in [1.807, 2.05) is 12.1 Å². The molecular formula is C22H24N2O2. The number of para-hydroxylation sites is 1. The van der Waals surface area contributed by atoms with Crippen LogP contribution in [0.15, 0.2) is 48.5 Å². The first-order valence-corrected chi connectivity index (χ1v) is 9.08. The Morgan fingerprint density at radius 3 is 2.69 bits per heavy atom. The fourth-order valence-electron chi connectivity index (χ4n) is 3.71. The Morgan fingerprint density at radius 1 is 1.19 bits per heavy atom. The third-order valence-corrected chi connectivity index (χ3v) is 5.13. The van der Waals surface area contributed by atoms with Crippen LogP contribution in [0, 0.1) is 6.92 Å². The topological polar surface area (TPSA) is 45.6 Å². The maximum Gasteiger partial charge on any atom is 0.118 e. The minimum atomic E-state index is -0.213. The Morgan fingerprint density at radius 2 is 2.00 bits per heavy atom. The number of aromatic nitrogens is 1. The predicted molar refractivity (Wildman–Crippen MR) is 104 cm³/mol. The monoisotopic (exact) mass is 348 g/mol. The zero-order valence-electron chi connectivity index (χ0n) is 15.3. The molecule has 1 fully saturated rings. The molecule has 0 saturated carbocycles. The number of fused-ring (bicyclic) bond motifs is 1. The number of pyridine rings is 1. The van der Waals surface area contributed by atoms with Crippen LogP contribution < -0.4 is 4.74 Å². The first-order valence-electron chi connectivity index (χ1n) is 9.08. The average Bonchev–Trinajstić information content (AvgIpc) is 3.06. The summed E-state index contributed by atoms with van der Waals surface area (Å²) < 4.78 is 5.29. The standard InChI is InChI=1S/C22H24N2O2/c1-15-4-3-5-17-12-18(13-24-11-10-19(25)14-24)22(23-21(15)17)16-6-8-20(26-2)9-7-16/h3-9,12,19,25H,10-11,13-14H2,1-2H3/t19-/m1/s1. The Kier molecular flexibility index (Phi) is 4.62. The number of aryl methyl sites for hydroxylation is 1. The maximum absolute atomic E-state index is 9.86. The number of hydrogen-bond acceptors (Lipinski definition) is 4. The van der Waals surface area contributed by atoms with Crippen LogP contribution in [0.5, 0.6) is 5.75 Å². The molecule has 2 heterocycles. The molecule has 1 aliphatic heterocycles. The van der Waals surface area contributed by atoms with Gasteiger partial charge in [-0.25, -0.2) is 4.98 Å². The normalized spacial score (nSPS) is 17.7. The van der Waals surface area contributed by atoms with E-state index in [0.29, 0.717) is 0 Å². The van der Waals surface area contributed by atoms with Crippen molar-refractivity contribution in [2.45, 2.75) is 26.0 Å². The molecule has 2 aromatic carbocycles. The van der Waals surface area contributed by atoms with Gasteiger partial charge in [-0.05, 0) is 54.8 Å². The number of rotatable bonds is 4. The van der Waals surface area contributed by atoms with Gasteiger partial charge in [-0.3, -0.25) is 4.90 Å². The molecule has 0 radical (unpaired) electrons. The predicted octanol–water partition coefficient (Wildman–Crippen LogP) is 3.79. The SMILES string of the molecule is COc1ccc(-c2nc3c(C)cccc3cc2CN2CC[C@@H](O)C2)cc1. The molecular weight excluding hydrogens is 324 g/mol. The van der Waals surface area contributed by atoms with E-state index in [1.54, 1.807) is 7.11 Å². The zero-order chi connectivity index (χ0) is 18.1. The van der Waals surface area contributed by atoms with Crippen molar-refractivity contribution in [3.63, 3.8) is 0 Å². The van der Waals surface area contributed by atoms with Crippen molar-refractivity contribution >= 4 is 10.9 Å². The number of benzene rings is 2. The van der Waals surface area contributed by atoms with E-state index in [0.717, 1.165) is 54.0 Å². The summed E-state index contributed by atoms with van der Waals surface area (Å²) in [5.41, 5.74) is 5.52. The van der Waals surface area contributed by atoms with Gasteiger partial charge in [-0.1, -0.05) is 18.2 Å². The quantitative estimate of drug-likeness (QED) is 0.779. The van der Waals surface area contributed by atoms with E-state index in [-0.39, 0.29) is 6.10 Å². The van der Waals surface area contributed by atoms with E-state index in [2.05, 4.69) is 48.2 Å². The molecule has 1 N–H and O–H groups in total. The third kappa shape index (κ3) is 3.30. The van der Waals surface area contributed by atoms with Gasteiger partial charge in [0, 0.05) is 30.6 Å². The Labute approximate surface area is 154 Å². The minimum Gasteiger partial charge on any atom is -0.497 e. The Bertz CT molecular complexity index is 921. The molecule has 3 aromatic rings. The molecule has 4 heteroatoms. The molecule has 0 aliphatic carbocycles. The van der Waals surface area contributed by atoms with Crippen molar-refractivity contribution < 1.29 is 9.84 Å². The fraction of sp³-hybridized carbons (Fsp3) is 0.318. The zero-order valence-corrected chi connectivity index (χ0v) is 15.3. The van der Waals surface area contributed by atoms with Gasteiger partial charge in [0.2, 0.25) is 0 Å². The van der Waals surface area contributed by atoms with E-state index >= 15 is 0 Å². The van der Waals surface area contributed by atoms with Gasteiger partial charge in [0.1, 0.15) is 5.75 Å². The van der Waals surface area contributed by atoms with Gasteiger partial charge < -0.3 is 9.84 Å². The maximum atomic E-state index is 9.86. The van der Waals surface area contributed by atoms with Crippen molar-refractivity contribution in [2.24, 2.45) is 0 Å². The van der Waals surface area contributed by atoms with E-state index < -0.39 is 0 Å². The number of hydrogen-bond donors (Lipinski definition) is 1.